The van der Waals surface area contributed by atoms with Crippen LogP contribution in [-0.2, 0) is 11.3 Å². The van der Waals surface area contributed by atoms with Crippen molar-refractivity contribution in [2.24, 2.45) is 0 Å². The van der Waals surface area contributed by atoms with Gasteiger partial charge in [0.05, 0.1) is 31.9 Å². The second-order valence-electron chi connectivity index (χ2n) is 4.50. The molecule has 0 saturated carbocycles. The van der Waals surface area contributed by atoms with Crippen molar-refractivity contribution in [3.63, 3.8) is 0 Å². The summed E-state index contributed by atoms with van der Waals surface area (Å²) in [7, 11) is 3.02. The monoisotopic (exact) mass is 292 g/mol. The molecule has 1 heterocycles. The van der Waals surface area contributed by atoms with Gasteiger partial charge in [-0.25, -0.2) is 4.79 Å². The molecule has 0 spiro atoms. The molecule has 1 aromatic heterocycles. The molecule has 0 fully saturated rings. The van der Waals surface area contributed by atoms with E-state index in [-0.39, 0.29) is 13.0 Å². The van der Waals surface area contributed by atoms with E-state index in [1.165, 1.54) is 18.8 Å². The predicted octanol–water partition coefficient (Wildman–Crippen LogP) is 1.20. The number of aryl methyl sites for hydroxylation is 2. The first-order chi connectivity index (χ1) is 9.97. The molecule has 0 unspecified atom stereocenters. The van der Waals surface area contributed by atoms with Crippen LogP contribution in [0.1, 0.15) is 12.1 Å². The van der Waals surface area contributed by atoms with Crippen LogP contribution >= 0.6 is 0 Å². The molecule has 0 atom stereocenters. The van der Waals surface area contributed by atoms with Gasteiger partial charge in [-0.05, 0) is 13.0 Å². The third kappa shape index (κ3) is 2.81. The van der Waals surface area contributed by atoms with Gasteiger partial charge in [-0.15, -0.1) is 0 Å². The highest BCUT2D eigenvalue weighted by Crippen LogP contribution is 2.32. The Kier molecular flexibility index (Phi) is 4.11. The summed E-state index contributed by atoms with van der Waals surface area (Å²) < 4.78 is 11.8. The van der Waals surface area contributed by atoms with E-state index in [1.54, 1.807) is 19.1 Å². The van der Waals surface area contributed by atoms with Gasteiger partial charge in [0.1, 0.15) is 0 Å². The number of ether oxygens (including phenoxy) is 2. The summed E-state index contributed by atoms with van der Waals surface area (Å²) in [6.07, 6.45) is -0.159. The van der Waals surface area contributed by atoms with Crippen LogP contribution in [-0.4, -0.2) is 34.8 Å². The van der Waals surface area contributed by atoms with Crippen LogP contribution in [0.15, 0.2) is 16.9 Å². The lowest BCUT2D eigenvalue weighted by Gasteiger charge is -2.14. The standard InChI is InChI=1S/C14H16N2O5/c1-8-9-6-11(20-2)12(21-3)7-10(9)16(14(19)15-8)5-4-13(17)18/h6-7H,4-5H2,1-3H3,(H,17,18). The van der Waals surface area contributed by atoms with Gasteiger partial charge >= 0.3 is 11.7 Å². The molecule has 112 valence electrons. The second-order valence-corrected chi connectivity index (χ2v) is 4.50. The predicted molar refractivity (Wildman–Crippen MR) is 76.1 cm³/mol. The molecule has 1 N–H and O–H groups in total. The van der Waals surface area contributed by atoms with Crippen LogP contribution in [0, 0.1) is 6.92 Å². The SMILES string of the molecule is COc1cc2c(C)nc(=O)n(CCC(=O)O)c2cc1OC. The fourth-order valence-corrected chi connectivity index (χ4v) is 2.17. The van der Waals surface area contributed by atoms with E-state index in [0.29, 0.717) is 22.7 Å². The third-order valence-corrected chi connectivity index (χ3v) is 3.23. The molecule has 2 aromatic rings. The summed E-state index contributed by atoms with van der Waals surface area (Å²) in [4.78, 5) is 26.7. The van der Waals surface area contributed by atoms with Crippen LogP contribution in [0.2, 0.25) is 0 Å². The average molecular weight is 292 g/mol. The van der Waals surface area contributed by atoms with Crippen LogP contribution in [0.4, 0.5) is 0 Å². The zero-order valence-corrected chi connectivity index (χ0v) is 12.0. The van der Waals surface area contributed by atoms with Gasteiger partial charge in [0.25, 0.3) is 0 Å². The highest BCUT2D eigenvalue weighted by atomic mass is 16.5. The summed E-state index contributed by atoms with van der Waals surface area (Å²) in [6.45, 7) is 1.77. The number of carboxylic acids is 1. The molecule has 0 aliphatic rings. The summed E-state index contributed by atoms with van der Waals surface area (Å²) in [5, 5.41) is 9.51. The first-order valence-electron chi connectivity index (χ1n) is 6.33. The van der Waals surface area contributed by atoms with Gasteiger partial charge in [-0.2, -0.15) is 4.98 Å². The van der Waals surface area contributed by atoms with Gasteiger partial charge in [-0.3, -0.25) is 9.36 Å². The number of hydrogen-bond donors (Lipinski definition) is 1. The second kappa shape index (κ2) is 5.82. The quantitative estimate of drug-likeness (QED) is 0.890. The number of hydrogen-bond acceptors (Lipinski definition) is 5. The molecule has 1 aromatic carbocycles. The minimum Gasteiger partial charge on any atom is -0.493 e. The minimum atomic E-state index is -0.976. The Hall–Kier alpha value is -2.57. The maximum atomic E-state index is 12.0. The van der Waals surface area contributed by atoms with Gasteiger partial charge in [0.15, 0.2) is 11.5 Å². The number of carbonyl (C=O) groups is 1. The van der Waals surface area contributed by atoms with Crippen molar-refractivity contribution in [1.29, 1.82) is 0 Å². The lowest BCUT2D eigenvalue weighted by atomic mass is 10.1. The molecule has 0 bridgehead atoms. The Morgan fingerprint density at radius 1 is 1.29 bits per heavy atom. The summed E-state index contributed by atoms with van der Waals surface area (Å²) in [5.74, 6) is 0.0218. The highest BCUT2D eigenvalue weighted by Gasteiger charge is 2.14. The molecule has 0 amide bonds. The van der Waals surface area contributed by atoms with Crippen LogP contribution in [0.5, 0.6) is 11.5 Å². The Morgan fingerprint density at radius 2 is 1.90 bits per heavy atom. The Balaban J connectivity index is 2.72. The van der Waals surface area contributed by atoms with E-state index in [9.17, 15) is 9.59 Å². The molecule has 0 aliphatic carbocycles. The normalized spacial score (nSPS) is 10.6. The van der Waals surface area contributed by atoms with Crippen LogP contribution < -0.4 is 15.2 Å². The number of nitrogens with zero attached hydrogens (tertiary/aromatic N) is 2. The van der Waals surface area contributed by atoms with Gasteiger partial charge in [0, 0.05) is 18.0 Å². The lowest BCUT2D eigenvalue weighted by Crippen LogP contribution is -2.25. The largest absolute Gasteiger partial charge is 0.493 e. The van der Waals surface area contributed by atoms with E-state index in [0.717, 1.165) is 5.39 Å². The van der Waals surface area contributed by atoms with Crippen LogP contribution in [0.3, 0.4) is 0 Å². The molecule has 0 saturated heterocycles. The maximum absolute atomic E-state index is 12.0. The molecular formula is C14H16N2O5. The van der Waals surface area contributed by atoms with E-state index < -0.39 is 11.7 Å². The smallest absolute Gasteiger partial charge is 0.348 e. The first-order valence-corrected chi connectivity index (χ1v) is 6.33. The topological polar surface area (TPSA) is 90.7 Å². The lowest BCUT2D eigenvalue weighted by molar-refractivity contribution is -0.137. The third-order valence-electron chi connectivity index (χ3n) is 3.23. The van der Waals surface area contributed by atoms with Crippen molar-refractivity contribution in [2.75, 3.05) is 14.2 Å². The zero-order chi connectivity index (χ0) is 15.6. The van der Waals surface area contributed by atoms with E-state index in [2.05, 4.69) is 4.98 Å². The van der Waals surface area contributed by atoms with Crippen LogP contribution in [0.25, 0.3) is 10.9 Å². The van der Waals surface area contributed by atoms with Gasteiger partial charge in [0.2, 0.25) is 0 Å². The van der Waals surface area contributed by atoms with Crippen molar-refractivity contribution < 1.29 is 19.4 Å². The minimum absolute atomic E-state index is 0.0490. The van der Waals surface area contributed by atoms with Crippen molar-refractivity contribution in [1.82, 2.24) is 9.55 Å². The molecule has 21 heavy (non-hydrogen) atoms. The number of fused-ring (bicyclic) bond motifs is 1. The van der Waals surface area contributed by atoms with Crippen molar-refractivity contribution >= 4 is 16.9 Å². The molecule has 0 aliphatic heterocycles. The molecule has 2 rings (SSSR count). The van der Waals surface area contributed by atoms with Gasteiger partial charge < -0.3 is 14.6 Å². The zero-order valence-electron chi connectivity index (χ0n) is 12.0. The number of methoxy groups -OCH3 is 2. The number of aromatic nitrogens is 2. The summed E-state index contributed by atoms with van der Waals surface area (Å²) in [5.41, 5.74) is 0.655. The number of rotatable bonds is 5. The van der Waals surface area contributed by atoms with Crippen molar-refractivity contribution in [3.05, 3.63) is 28.3 Å². The first kappa shape index (κ1) is 14.8. The molecule has 7 heteroatoms. The van der Waals surface area contributed by atoms with E-state index in [4.69, 9.17) is 14.6 Å². The fourth-order valence-electron chi connectivity index (χ4n) is 2.17. The molecule has 7 nitrogen and oxygen atoms in total. The Morgan fingerprint density at radius 3 is 2.48 bits per heavy atom. The Labute approximate surface area is 120 Å². The highest BCUT2D eigenvalue weighted by molar-refractivity contribution is 5.85. The number of carboxylic acid groups (broad SMARTS) is 1. The van der Waals surface area contributed by atoms with Gasteiger partial charge in [-0.1, -0.05) is 0 Å². The fraction of sp³-hybridized carbons (Fsp3) is 0.357. The summed E-state index contributed by atoms with van der Waals surface area (Å²) in [6, 6.07) is 3.39. The van der Waals surface area contributed by atoms with E-state index in [1.807, 2.05) is 0 Å². The van der Waals surface area contributed by atoms with Crippen molar-refractivity contribution in [3.8, 4) is 11.5 Å². The molecular weight excluding hydrogens is 276 g/mol. The average Bonchev–Trinajstić information content (AvgIpc) is 2.45. The Bertz CT molecular complexity index is 751. The number of benzene rings is 1. The molecule has 0 radical (unpaired) electrons. The number of aliphatic carboxylic acids is 1. The maximum Gasteiger partial charge on any atom is 0.348 e. The van der Waals surface area contributed by atoms with Crippen molar-refractivity contribution in [2.45, 2.75) is 19.9 Å². The van der Waals surface area contributed by atoms with E-state index >= 15 is 0 Å². The summed E-state index contributed by atoms with van der Waals surface area (Å²) >= 11 is 0.